The Morgan fingerprint density at radius 2 is 1.85 bits per heavy atom. The predicted octanol–water partition coefficient (Wildman–Crippen LogP) is 3.74. The molecule has 0 rings (SSSR count). The first kappa shape index (κ1) is 12.4. The molecule has 0 radical (unpaired) electrons. The van der Waals surface area contributed by atoms with Crippen LogP contribution >= 0.6 is 0 Å². The molecule has 1 nitrogen and oxygen atoms in total. The lowest BCUT2D eigenvalue weighted by atomic mass is 9.98. The molecule has 0 aliphatic heterocycles. The molecule has 76 valence electrons. The van der Waals surface area contributed by atoms with Crippen LogP contribution in [0.15, 0.2) is 11.6 Å². The van der Waals surface area contributed by atoms with Crippen molar-refractivity contribution in [3.8, 4) is 0 Å². The summed E-state index contributed by atoms with van der Waals surface area (Å²) >= 11 is 0. The van der Waals surface area contributed by atoms with Gasteiger partial charge in [0.1, 0.15) is 6.29 Å². The Morgan fingerprint density at radius 1 is 1.23 bits per heavy atom. The monoisotopic (exact) mass is 182 g/mol. The molecule has 0 heterocycles. The summed E-state index contributed by atoms with van der Waals surface area (Å²) in [6.07, 6.45) is 8.70. The highest BCUT2D eigenvalue weighted by atomic mass is 16.1. The van der Waals surface area contributed by atoms with Crippen molar-refractivity contribution in [3.63, 3.8) is 0 Å². The third kappa shape index (κ3) is 5.62. The maximum atomic E-state index is 10.7. The number of unbranched alkanes of at least 4 members (excludes halogenated alkanes) is 1. The molecule has 0 aromatic carbocycles. The number of carbonyl (C=O) groups excluding carboxylic acids is 1. The summed E-state index contributed by atoms with van der Waals surface area (Å²) in [7, 11) is 0. The molecule has 13 heavy (non-hydrogen) atoms. The van der Waals surface area contributed by atoms with Gasteiger partial charge < -0.3 is 0 Å². The van der Waals surface area contributed by atoms with Crippen molar-refractivity contribution in [1.29, 1.82) is 0 Å². The van der Waals surface area contributed by atoms with Gasteiger partial charge in [0.15, 0.2) is 0 Å². The van der Waals surface area contributed by atoms with Crippen molar-refractivity contribution in [2.24, 2.45) is 5.92 Å². The van der Waals surface area contributed by atoms with E-state index in [0.717, 1.165) is 44.0 Å². The minimum Gasteiger partial charge on any atom is -0.298 e. The van der Waals surface area contributed by atoms with Crippen molar-refractivity contribution >= 4 is 6.29 Å². The number of hydrogen-bond acceptors (Lipinski definition) is 1. The van der Waals surface area contributed by atoms with Gasteiger partial charge in [-0.2, -0.15) is 0 Å². The molecule has 0 spiro atoms. The standard InChI is InChI=1S/C12H22O/c1-4-7-8-12(10-13)9-11(5-2)6-3/h9-11H,4-8H2,1-3H3/b12-9+. The predicted molar refractivity (Wildman–Crippen MR) is 57.7 cm³/mol. The lowest BCUT2D eigenvalue weighted by Gasteiger charge is -2.07. The van der Waals surface area contributed by atoms with E-state index in [0.29, 0.717) is 5.92 Å². The molecule has 0 unspecified atom stereocenters. The van der Waals surface area contributed by atoms with E-state index in [1.807, 2.05) is 0 Å². The zero-order valence-electron chi connectivity index (χ0n) is 9.18. The first-order valence-corrected chi connectivity index (χ1v) is 5.44. The Bertz CT molecular complexity index is 155. The summed E-state index contributed by atoms with van der Waals surface area (Å²) in [5.74, 6) is 0.594. The van der Waals surface area contributed by atoms with Gasteiger partial charge in [0, 0.05) is 0 Å². The SMILES string of the molecule is CCCC/C(C=O)=C\C(CC)CC. The molecular formula is C12H22O. The summed E-state index contributed by atoms with van der Waals surface area (Å²) in [6, 6.07) is 0. The molecule has 0 aromatic rings. The van der Waals surface area contributed by atoms with Gasteiger partial charge >= 0.3 is 0 Å². The van der Waals surface area contributed by atoms with Gasteiger partial charge in [-0.3, -0.25) is 4.79 Å². The molecule has 0 saturated carbocycles. The molecule has 0 bridgehead atoms. The van der Waals surface area contributed by atoms with Crippen LogP contribution in [0, 0.1) is 5.92 Å². The van der Waals surface area contributed by atoms with E-state index < -0.39 is 0 Å². The lowest BCUT2D eigenvalue weighted by molar-refractivity contribution is -0.105. The van der Waals surface area contributed by atoms with Gasteiger partial charge in [0.25, 0.3) is 0 Å². The van der Waals surface area contributed by atoms with Gasteiger partial charge in [-0.05, 0) is 37.2 Å². The molecule has 0 fully saturated rings. The molecular weight excluding hydrogens is 160 g/mol. The van der Waals surface area contributed by atoms with Gasteiger partial charge in [-0.15, -0.1) is 0 Å². The third-order valence-corrected chi connectivity index (χ3v) is 2.47. The summed E-state index contributed by atoms with van der Waals surface area (Å²) in [5, 5.41) is 0. The second-order valence-corrected chi connectivity index (χ2v) is 3.54. The summed E-state index contributed by atoms with van der Waals surface area (Å²) < 4.78 is 0. The molecule has 0 aromatic heterocycles. The number of hydrogen-bond donors (Lipinski definition) is 0. The highest BCUT2D eigenvalue weighted by Crippen LogP contribution is 2.14. The zero-order valence-corrected chi connectivity index (χ0v) is 9.18. The average Bonchev–Trinajstić information content (AvgIpc) is 2.19. The second kappa shape index (κ2) is 8.03. The number of rotatable bonds is 7. The summed E-state index contributed by atoms with van der Waals surface area (Å²) in [5.41, 5.74) is 0.996. The lowest BCUT2D eigenvalue weighted by Crippen LogP contribution is -1.95. The van der Waals surface area contributed by atoms with E-state index in [4.69, 9.17) is 0 Å². The molecule has 0 saturated heterocycles. The number of carbonyl (C=O) groups is 1. The van der Waals surface area contributed by atoms with E-state index in [1.165, 1.54) is 0 Å². The van der Waals surface area contributed by atoms with Crippen LogP contribution < -0.4 is 0 Å². The molecule has 1 heteroatoms. The van der Waals surface area contributed by atoms with E-state index in [2.05, 4.69) is 26.8 Å². The maximum Gasteiger partial charge on any atom is 0.145 e. The summed E-state index contributed by atoms with van der Waals surface area (Å²) in [6.45, 7) is 6.50. The maximum absolute atomic E-state index is 10.7. The van der Waals surface area contributed by atoms with Crippen molar-refractivity contribution in [1.82, 2.24) is 0 Å². The second-order valence-electron chi connectivity index (χ2n) is 3.54. The number of aldehydes is 1. The van der Waals surface area contributed by atoms with E-state index >= 15 is 0 Å². The average molecular weight is 182 g/mol. The Balaban J connectivity index is 4.09. The van der Waals surface area contributed by atoms with E-state index in [-0.39, 0.29) is 0 Å². The fraction of sp³-hybridized carbons (Fsp3) is 0.750. The van der Waals surface area contributed by atoms with Crippen LogP contribution in [-0.4, -0.2) is 6.29 Å². The van der Waals surface area contributed by atoms with Crippen LogP contribution in [0.25, 0.3) is 0 Å². The first-order valence-electron chi connectivity index (χ1n) is 5.44. The van der Waals surface area contributed by atoms with Gasteiger partial charge in [-0.25, -0.2) is 0 Å². The van der Waals surface area contributed by atoms with Crippen LogP contribution in [-0.2, 0) is 4.79 Å². The third-order valence-electron chi connectivity index (χ3n) is 2.47. The van der Waals surface area contributed by atoms with Crippen LogP contribution in [0.2, 0.25) is 0 Å². The van der Waals surface area contributed by atoms with Crippen molar-refractivity contribution < 1.29 is 4.79 Å². The van der Waals surface area contributed by atoms with Gasteiger partial charge in [0.2, 0.25) is 0 Å². The molecule has 0 amide bonds. The normalized spacial score (nSPS) is 12.2. The molecule has 0 aliphatic carbocycles. The Labute approximate surface area is 82.2 Å². The molecule has 0 aliphatic rings. The number of allylic oxidation sites excluding steroid dienone is 2. The minimum atomic E-state index is 0.594. The quantitative estimate of drug-likeness (QED) is 0.433. The Kier molecular flexibility index (Phi) is 7.66. The highest BCUT2D eigenvalue weighted by molar-refractivity contribution is 5.73. The van der Waals surface area contributed by atoms with Crippen LogP contribution in [0.5, 0.6) is 0 Å². The van der Waals surface area contributed by atoms with Crippen molar-refractivity contribution in [3.05, 3.63) is 11.6 Å². The highest BCUT2D eigenvalue weighted by Gasteiger charge is 2.01. The van der Waals surface area contributed by atoms with Crippen LogP contribution in [0.1, 0.15) is 52.9 Å². The Hall–Kier alpha value is -0.590. The van der Waals surface area contributed by atoms with Crippen molar-refractivity contribution in [2.75, 3.05) is 0 Å². The van der Waals surface area contributed by atoms with Gasteiger partial charge in [-0.1, -0.05) is 33.3 Å². The van der Waals surface area contributed by atoms with Crippen molar-refractivity contribution in [2.45, 2.75) is 52.9 Å². The molecule has 0 N–H and O–H groups in total. The fourth-order valence-corrected chi connectivity index (χ4v) is 1.39. The first-order chi connectivity index (χ1) is 6.28. The Morgan fingerprint density at radius 3 is 2.23 bits per heavy atom. The van der Waals surface area contributed by atoms with Gasteiger partial charge in [0.05, 0.1) is 0 Å². The minimum absolute atomic E-state index is 0.594. The summed E-state index contributed by atoms with van der Waals surface area (Å²) in [4.78, 5) is 10.7. The van der Waals surface area contributed by atoms with Crippen LogP contribution in [0.4, 0.5) is 0 Å². The topological polar surface area (TPSA) is 17.1 Å². The zero-order chi connectivity index (χ0) is 10.1. The van der Waals surface area contributed by atoms with E-state index in [1.54, 1.807) is 0 Å². The smallest absolute Gasteiger partial charge is 0.145 e. The fourth-order valence-electron chi connectivity index (χ4n) is 1.39. The van der Waals surface area contributed by atoms with Crippen LogP contribution in [0.3, 0.4) is 0 Å². The molecule has 0 atom stereocenters. The van der Waals surface area contributed by atoms with E-state index in [9.17, 15) is 4.79 Å². The largest absolute Gasteiger partial charge is 0.298 e.